The molecule has 26 heavy (non-hydrogen) atoms. The molecule has 1 aliphatic rings. The number of nitrogens with zero attached hydrogens (tertiary/aromatic N) is 1. The van der Waals surface area contributed by atoms with Gasteiger partial charge in [0.2, 0.25) is 5.91 Å². The molecule has 1 aliphatic heterocycles. The van der Waals surface area contributed by atoms with Crippen LogP contribution in [0, 0.1) is 0 Å². The van der Waals surface area contributed by atoms with Crippen molar-refractivity contribution in [2.75, 3.05) is 0 Å². The van der Waals surface area contributed by atoms with Crippen molar-refractivity contribution in [3.8, 4) is 0 Å². The average molecular weight is 345 g/mol. The molecule has 2 aromatic carbocycles. The molecule has 1 fully saturated rings. The van der Waals surface area contributed by atoms with Gasteiger partial charge in [-0.25, -0.2) is 4.99 Å². The van der Waals surface area contributed by atoms with E-state index >= 15 is 0 Å². The highest BCUT2D eigenvalue weighted by Gasteiger charge is 2.40. The van der Waals surface area contributed by atoms with E-state index in [0.29, 0.717) is 11.6 Å². The molecule has 4 rings (SSSR count). The first kappa shape index (κ1) is 16.3. The van der Waals surface area contributed by atoms with Crippen molar-refractivity contribution >= 4 is 34.1 Å². The molecular weight excluding hydrogens is 326 g/mol. The summed E-state index contributed by atoms with van der Waals surface area (Å²) in [6, 6.07) is 15.5. The average Bonchev–Trinajstić information content (AvgIpc) is 3.16. The summed E-state index contributed by atoms with van der Waals surface area (Å²) < 4.78 is 0. The first-order valence-electron chi connectivity index (χ1n) is 8.64. The molecule has 1 unspecified atom stereocenters. The molecule has 0 aliphatic carbocycles. The van der Waals surface area contributed by atoms with Crippen LogP contribution in [0.4, 0.5) is 5.69 Å². The summed E-state index contributed by atoms with van der Waals surface area (Å²) in [5, 5.41) is 3.33. The minimum atomic E-state index is -0.707. The van der Waals surface area contributed by atoms with Gasteiger partial charge in [0.05, 0.1) is 5.69 Å². The van der Waals surface area contributed by atoms with Crippen molar-refractivity contribution in [3.63, 3.8) is 0 Å². The summed E-state index contributed by atoms with van der Waals surface area (Å²) in [6.07, 6.45) is 1.79. The second-order valence-corrected chi connectivity index (χ2v) is 6.79. The predicted molar refractivity (Wildman–Crippen MR) is 102 cm³/mol. The highest BCUT2D eigenvalue weighted by atomic mass is 16.2. The van der Waals surface area contributed by atoms with Crippen molar-refractivity contribution in [2.24, 2.45) is 4.99 Å². The third-order valence-electron chi connectivity index (χ3n) is 4.72. The van der Waals surface area contributed by atoms with E-state index in [1.807, 2.05) is 48.5 Å². The maximum absolute atomic E-state index is 12.5. The smallest absolute Gasteiger partial charge is 0.273 e. The number of aliphatic imine (C=N–C) groups is 1. The van der Waals surface area contributed by atoms with E-state index in [4.69, 9.17) is 0 Å². The number of imide groups is 1. The molecule has 130 valence electrons. The van der Waals surface area contributed by atoms with E-state index in [0.717, 1.165) is 22.0 Å². The molecule has 2 N–H and O–H groups in total. The fourth-order valence-corrected chi connectivity index (χ4v) is 3.33. The number of fused-ring (bicyclic) bond motifs is 1. The monoisotopic (exact) mass is 345 g/mol. The summed E-state index contributed by atoms with van der Waals surface area (Å²) in [7, 11) is 0. The largest absolute Gasteiger partial charge is 0.361 e. The summed E-state index contributed by atoms with van der Waals surface area (Å²) in [4.78, 5) is 32.6. The summed E-state index contributed by atoms with van der Waals surface area (Å²) >= 11 is 0. The number of hydrogen-bond donors (Lipinski definition) is 2. The van der Waals surface area contributed by atoms with Crippen molar-refractivity contribution in [2.45, 2.75) is 25.7 Å². The molecule has 0 radical (unpaired) electrons. The summed E-state index contributed by atoms with van der Waals surface area (Å²) in [5.74, 6) is -1.11. The molecule has 5 heteroatoms. The summed E-state index contributed by atoms with van der Waals surface area (Å²) in [6.45, 7) is 4.21. The topological polar surface area (TPSA) is 74.3 Å². The second-order valence-electron chi connectivity index (χ2n) is 6.79. The number of rotatable bonds is 3. The second kappa shape index (κ2) is 6.26. The number of H-pyrrole nitrogens is 1. The Morgan fingerprint density at radius 3 is 2.65 bits per heavy atom. The lowest BCUT2D eigenvalue weighted by Crippen LogP contribution is -2.22. The molecule has 5 nitrogen and oxygen atoms in total. The van der Waals surface area contributed by atoms with Gasteiger partial charge >= 0.3 is 0 Å². The third kappa shape index (κ3) is 2.71. The number of benzene rings is 2. The minimum Gasteiger partial charge on any atom is -0.361 e. The van der Waals surface area contributed by atoms with Crippen LogP contribution in [0.25, 0.3) is 10.9 Å². The van der Waals surface area contributed by atoms with Gasteiger partial charge in [-0.15, -0.1) is 0 Å². The number of aromatic nitrogens is 1. The van der Waals surface area contributed by atoms with Gasteiger partial charge < -0.3 is 4.98 Å². The molecule has 0 saturated carbocycles. The molecule has 2 heterocycles. The molecule has 0 bridgehead atoms. The number of aromatic amines is 1. The van der Waals surface area contributed by atoms with Gasteiger partial charge in [-0.05, 0) is 35.2 Å². The van der Waals surface area contributed by atoms with E-state index in [-0.39, 0.29) is 11.6 Å². The minimum absolute atomic E-state index is 0.237. The number of amides is 2. The van der Waals surface area contributed by atoms with Crippen LogP contribution in [-0.4, -0.2) is 22.5 Å². The van der Waals surface area contributed by atoms with Crippen LogP contribution < -0.4 is 5.32 Å². The molecule has 3 aromatic rings. The first-order chi connectivity index (χ1) is 12.5. The van der Waals surface area contributed by atoms with Crippen LogP contribution in [0.2, 0.25) is 0 Å². The number of para-hydroxylation sites is 1. The Morgan fingerprint density at radius 2 is 1.85 bits per heavy atom. The highest BCUT2D eigenvalue weighted by molar-refractivity contribution is 6.52. The van der Waals surface area contributed by atoms with Gasteiger partial charge in [0.1, 0.15) is 11.6 Å². The Morgan fingerprint density at radius 1 is 1.04 bits per heavy atom. The van der Waals surface area contributed by atoms with E-state index in [1.54, 1.807) is 6.20 Å². The van der Waals surface area contributed by atoms with Crippen LogP contribution >= 0.6 is 0 Å². The van der Waals surface area contributed by atoms with Crippen molar-refractivity contribution in [1.29, 1.82) is 0 Å². The highest BCUT2D eigenvalue weighted by Crippen LogP contribution is 2.31. The normalized spacial score (nSPS) is 18.9. The quantitative estimate of drug-likeness (QED) is 0.709. The Bertz CT molecular complexity index is 1050. The van der Waals surface area contributed by atoms with E-state index in [9.17, 15) is 9.59 Å². The SMILES string of the molecule is CC(C)c1cccc(N=C2C(=O)NC(=O)C2c2c[nH]c3ccccc23)c1. The number of nitrogens with one attached hydrogen (secondary N) is 2. The van der Waals surface area contributed by atoms with Crippen LogP contribution in [0.5, 0.6) is 0 Å². The Labute approximate surface area is 151 Å². The number of carbonyl (C=O) groups excluding carboxylic acids is 2. The fraction of sp³-hybridized carbons (Fsp3) is 0.190. The predicted octanol–water partition coefficient (Wildman–Crippen LogP) is 3.80. The van der Waals surface area contributed by atoms with Crippen molar-refractivity contribution in [1.82, 2.24) is 10.3 Å². The van der Waals surface area contributed by atoms with E-state index in [1.165, 1.54) is 0 Å². The molecule has 2 amide bonds. The lowest BCUT2D eigenvalue weighted by atomic mass is 9.95. The zero-order chi connectivity index (χ0) is 18.3. The van der Waals surface area contributed by atoms with Crippen molar-refractivity contribution in [3.05, 3.63) is 65.9 Å². The van der Waals surface area contributed by atoms with Crippen molar-refractivity contribution < 1.29 is 9.59 Å². The molecule has 1 saturated heterocycles. The number of carbonyl (C=O) groups is 2. The Kier molecular flexibility index (Phi) is 3.92. The number of hydrogen-bond acceptors (Lipinski definition) is 3. The Balaban J connectivity index is 1.82. The molecular formula is C21H19N3O2. The zero-order valence-corrected chi connectivity index (χ0v) is 14.6. The van der Waals surface area contributed by atoms with Gasteiger partial charge in [0, 0.05) is 17.1 Å². The lowest BCUT2D eigenvalue weighted by molar-refractivity contribution is -0.124. The molecule has 1 aromatic heterocycles. The van der Waals surface area contributed by atoms with E-state index < -0.39 is 11.8 Å². The van der Waals surface area contributed by atoms with Crippen LogP contribution in [0.15, 0.2) is 59.7 Å². The zero-order valence-electron chi connectivity index (χ0n) is 14.6. The Hall–Kier alpha value is -3.21. The first-order valence-corrected chi connectivity index (χ1v) is 8.64. The van der Waals surface area contributed by atoms with Crippen LogP contribution in [0.3, 0.4) is 0 Å². The summed E-state index contributed by atoms with van der Waals surface area (Å²) in [5.41, 5.74) is 3.75. The van der Waals surface area contributed by atoms with E-state index in [2.05, 4.69) is 29.1 Å². The van der Waals surface area contributed by atoms with Gasteiger partial charge in [-0.2, -0.15) is 0 Å². The maximum atomic E-state index is 12.5. The van der Waals surface area contributed by atoms with Crippen LogP contribution in [-0.2, 0) is 9.59 Å². The maximum Gasteiger partial charge on any atom is 0.273 e. The third-order valence-corrected chi connectivity index (χ3v) is 4.72. The van der Waals surface area contributed by atoms with Gasteiger partial charge in [0.15, 0.2) is 0 Å². The van der Waals surface area contributed by atoms with Gasteiger partial charge in [-0.3, -0.25) is 14.9 Å². The lowest BCUT2D eigenvalue weighted by Gasteiger charge is -2.08. The fourth-order valence-electron chi connectivity index (χ4n) is 3.33. The van der Waals surface area contributed by atoms with Gasteiger partial charge in [0.25, 0.3) is 5.91 Å². The molecule has 0 spiro atoms. The standard InChI is InChI=1S/C21H19N3O2/c1-12(2)13-6-5-7-14(10-13)23-19-18(20(25)24-21(19)26)16-11-22-17-9-4-3-8-15(16)17/h3-12,18,22H,1-2H3,(H,24,25,26). The van der Waals surface area contributed by atoms with Gasteiger partial charge in [-0.1, -0.05) is 44.2 Å². The van der Waals surface area contributed by atoms with Crippen LogP contribution in [0.1, 0.15) is 36.8 Å². The molecule has 1 atom stereocenters.